The lowest BCUT2D eigenvalue weighted by molar-refractivity contribution is -0.121. The fourth-order valence-corrected chi connectivity index (χ4v) is 3.20. The molecule has 0 saturated heterocycles. The summed E-state index contributed by atoms with van der Waals surface area (Å²) in [7, 11) is 3.31. The second-order valence-electron chi connectivity index (χ2n) is 7.01. The molecule has 2 N–H and O–H groups in total. The lowest BCUT2D eigenvalue weighted by Gasteiger charge is -2.32. The summed E-state index contributed by atoms with van der Waals surface area (Å²) in [5, 5.41) is 6.33. The summed E-state index contributed by atoms with van der Waals surface area (Å²) in [6, 6.07) is 4.31. The molecule has 7 heteroatoms. The Balaban J connectivity index is 2.05. The zero-order chi connectivity index (χ0) is 20.5. The molecule has 156 valence electrons. The van der Waals surface area contributed by atoms with E-state index in [0.717, 1.165) is 49.9 Å². The van der Waals surface area contributed by atoms with Crippen molar-refractivity contribution in [3.05, 3.63) is 23.3 Å². The van der Waals surface area contributed by atoms with Crippen LogP contribution in [-0.4, -0.2) is 56.7 Å². The van der Waals surface area contributed by atoms with E-state index >= 15 is 0 Å². The molecule has 1 aliphatic rings. The van der Waals surface area contributed by atoms with Crippen LogP contribution in [0, 0.1) is 0 Å². The van der Waals surface area contributed by atoms with E-state index in [1.54, 1.807) is 14.2 Å². The predicted octanol–water partition coefficient (Wildman–Crippen LogP) is 2.33. The average Bonchev–Trinajstić information content (AvgIpc) is 2.71. The molecule has 1 aliphatic heterocycles. The number of aliphatic imine (C=N–C) groups is 1. The van der Waals surface area contributed by atoms with Crippen molar-refractivity contribution in [1.82, 2.24) is 15.5 Å². The number of fused-ring (bicyclic) bond motifs is 1. The quantitative estimate of drug-likeness (QED) is 0.526. The number of carbonyl (C=O) groups excluding carboxylic acids is 1. The van der Waals surface area contributed by atoms with Gasteiger partial charge in [-0.05, 0) is 49.9 Å². The van der Waals surface area contributed by atoms with Gasteiger partial charge in [-0.2, -0.15) is 0 Å². The minimum absolute atomic E-state index is 0.0507. The van der Waals surface area contributed by atoms with Crippen molar-refractivity contribution < 1.29 is 14.3 Å². The van der Waals surface area contributed by atoms with Gasteiger partial charge in [0.15, 0.2) is 17.5 Å². The molecule has 0 radical (unpaired) electrons. The molecule has 1 aromatic carbocycles. The number of amides is 1. The molecular formula is C21H34N4O3. The summed E-state index contributed by atoms with van der Waals surface area (Å²) in [6.45, 7) is 9.00. The SMILES string of the molecule is CCNC(=NCCC(=O)NC(C)CC)N1CCc2cc(OC)c(OC)cc2C1. The van der Waals surface area contributed by atoms with Crippen LogP contribution in [0.15, 0.2) is 17.1 Å². The van der Waals surface area contributed by atoms with Crippen LogP contribution in [0.2, 0.25) is 0 Å². The van der Waals surface area contributed by atoms with E-state index in [1.165, 1.54) is 11.1 Å². The molecule has 1 atom stereocenters. The lowest BCUT2D eigenvalue weighted by Crippen LogP contribution is -2.44. The number of rotatable bonds is 8. The minimum Gasteiger partial charge on any atom is -0.493 e. The van der Waals surface area contributed by atoms with Crippen molar-refractivity contribution in [1.29, 1.82) is 0 Å². The van der Waals surface area contributed by atoms with Crippen LogP contribution in [0.25, 0.3) is 0 Å². The van der Waals surface area contributed by atoms with Crippen LogP contribution in [0.4, 0.5) is 0 Å². The fraction of sp³-hybridized carbons (Fsp3) is 0.619. The maximum Gasteiger partial charge on any atom is 0.222 e. The largest absolute Gasteiger partial charge is 0.493 e. The molecule has 0 fully saturated rings. The highest BCUT2D eigenvalue weighted by molar-refractivity contribution is 5.81. The number of hydrogen-bond donors (Lipinski definition) is 2. The molecule has 1 amide bonds. The monoisotopic (exact) mass is 390 g/mol. The van der Waals surface area contributed by atoms with Crippen molar-refractivity contribution in [3.8, 4) is 11.5 Å². The summed E-state index contributed by atoms with van der Waals surface area (Å²) >= 11 is 0. The number of hydrogen-bond acceptors (Lipinski definition) is 4. The Bertz CT molecular complexity index is 690. The smallest absolute Gasteiger partial charge is 0.222 e. The van der Waals surface area contributed by atoms with E-state index in [0.29, 0.717) is 13.0 Å². The van der Waals surface area contributed by atoms with Gasteiger partial charge in [0.25, 0.3) is 0 Å². The van der Waals surface area contributed by atoms with Gasteiger partial charge in [-0.25, -0.2) is 0 Å². The Labute approximate surface area is 168 Å². The highest BCUT2D eigenvalue weighted by Crippen LogP contribution is 2.33. The molecule has 28 heavy (non-hydrogen) atoms. The van der Waals surface area contributed by atoms with Gasteiger partial charge >= 0.3 is 0 Å². The molecule has 0 aromatic heterocycles. The molecule has 0 spiro atoms. The molecule has 0 aliphatic carbocycles. The van der Waals surface area contributed by atoms with Crippen LogP contribution in [0.1, 0.15) is 44.7 Å². The Morgan fingerprint density at radius 3 is 2.50 bits per heavy atom. The van der Waals surface area contributed by atoms with Gasteiger partial charge < -0.3 is 25.0 Å². The minimum atomic E-state index is 0.0507. The van der Waals surface area contributed by atoms with Gasteiger partial charge in [0, 0.05) is 32.1 Å². The third kappa shape index (κ3) is 5.78. The number of ether oxygens (including phenoxy) is 2. The summed E-state index contributed by atoms with van der Waals surface area (Å²) in [5.41, 5.74) is 2.49. The summed E-state index contributed by atoms with van der Waals surface area (Å²) < 4.78 is 10.9. The van der Waals surface area contributed by atoms with Crippen LogP contribution in [0.3, 0.4) is 0 Å². The number of nitrogens with zero attached hydrogens (tertiary/aromatic N) is 2. The van der Waals surface area contributed by atoms with E-state index in [9.17, 15) is 4.79 Å². The average molecular weight is 391 g/mol. The molecule has 7 nitrogen and oxygen atoms in total. The second-order valence-corrected chi connectivity index (χ2v) is 7.01. The Morgan fingerprint density at radius 1 is 1.21 bits per heavy atom. The maximum absolute atomic E-state index is 12.0. The third-order valence-corrected chi connectivity index (χ3v) is 4.97. The molecule has 2 rings (SSSR count). The summed E-state index contributed by atoms with van der Waals surface area (Å²) in [4.78, 5) is 18.9. The number of guanidine groups is 1. The van der Waals surface area contributed by atoms with Crippen molar-refractivity contribution >= 4 is 11.9 Å². The number of carbonyl (C=O) groups is 1. The van der Waals surface area contributed by atoms with Crippen molar-refractivity contribution in [3.63, 3.8) is 0 Å². The summed E-state index contributed by atoms with van der Waals surface area (Å²) in [5.74, 6) is 2.41. The standard InChI is InChI=1S/C21H34N4O3/c1-6-15(3)24-20(26)8-10-23-21(22-7-2)25-11-9-16-12-18(27-4)19(28-5)13-17(16)14-25/h12-13,15H,6-11,14H2,1-5H3,(H,22,23)(H,24,26). The van der Waals surface area contributed by atoms with Crippen molar-refractivity contribution in [2.75, 3.05) is 33.9 Å². The van der Waals surface area contributed by atoms with Crippen molar-refractivity contribution in [2.24, 2.45) is 4.99 Å². The number of nitrogens with one attached hydrogen (secondary N) is 2. The predicted molar refractivity (Wildman–Crippen MR) is 112 cm³/mol. The zero-order valence-corrected chi connectivity index (χ0v) is 17.8. The summed E-state index contributed by atoms with van der Waals surface area (Å²) in [6.07, 6.45) is 2.24. The molecule has 1 aromatic rings. The first kappa shape index (κ1) is 21.9. The first-order valence-corrected chi connectivity index (χ1v) is 10.1. The molecular weight excluding hydrogens is 356 g/mol. The van der Waals surface area contributed by atoms with Gasteiger partial charge in [0.05, 0.1) is 20.8 Å². The van der Waals surface area contributed by atoms with Crippen molar-refractivity contribution in [2.45, 2.75) is 52.6 Å². The highest BCUT2D eigenvalue weighted by atomic mass is 16.5. The van der Waals surface area contributed by atoms with Gasteiger partial charge in [-0.3, -0.25) is 9.79 Å². The molecule has 1 unspecified atom stereocenters. The van der Waals surface area contributed by atoms with E-state index in [4.69, 9.17) is 9.47 Å². The van der Waals surface area contributed by atoms with Gasteiger partial charge in [0.2, 0.25) is 5.91 Å². The maximum atomic E-state index is 12.0. The molecule has 0 saturated carbocycles. The van der Waals surface area contributed by atoms with Crippen LogP contribution in [-0.2, 0) is 17.8 Å². The van der Waals surface area contributed by atoms with E-state index in [2.05, 4.69) is 40.4 Å². The highest BCUT2D eigenvalue weighted by Gasteiger charge is 2.21. The van der Waals surface area contributed by atoms with E-state index < -0.39 is 0 Å². The van der Waals surface area contributed by atoms with Gasteiger partial charge in [-0.1, -0.05) is 6.92 Å². The first-order chi connectivity index (χ1) is 13.5. The van der Waals surface area contributed by atoms with Crippen LogP contribution in [0.5, 0.6) is 11.5 Å². The first-order valence-electron chi connectivity index (χ1n) is 10.1. The molecule has 0 bridgehead atoms. The van der Waals surface area contributed by atoms with Crippen LogP contribution < -0.4 is 20.1 Å². The number of methoxy groups -OCH3 is 2. The topological polar surface area (TPSA) is 75.2 Å². The Hall–Kier alpha value is -2.44. The van der Waals surface area contributed by atoms with E-state index in [-0.39, 0.29) is 11.9 Å². The Kier molecular flexibility index (Phi) is 8.42. The fourth-order valence-electron chi connectivity index (χ4n) is 3.20. The third-order valence-electron chi connectivity index (χ3n) is 4.97. The lowest BCUT2D eigenvalue weighted by atomic mass is 9.99. The normalized spacial score (nSPS) is 14.9. The van der Waals surface area contributed by atoms with Gasteiger partial charge in [0.1, 0.15) is 0 Å². The van der Waals surface area contributed by atoms with Gasteiger partial charge in [-0.15, -0.1) is 0 Å². The van der Waals surface area contributed by atoms with Crippen LogP contribution >= 0.6 is 0 Å². The Morgan fingerprint density at radius 2 is 1.89 bits per heavy atom. The van der Waals surface area contributed by atoms with E-state index in [1.807, 2.05) is 13.0 Å². The number of benzene rings is 1. The second kappa shape index (κ2) is 10.8. The zero-order valence-electron chi connectivity index (χ0n) is 17.8. The molecule has 1 heterocycles.